The molecular formula is C14H20N2O2. The number of hydrogen-bond acceptors (Lipinski definition) is 3. The Hall–Kier alpha value is -1.42. The number of pyridine rings is 1. The van der Waals surface area contributed by atoms with Gasteiger partial charge in [0.05, 0.1) is 24.3 Å². The predicted molar refractivity (Wildman–Crippen MR) is 69.1 cm³/mol. The SMILES string of the molecule is Cc1cccnc1CC(=O)N[C@H]1CCCC[C@@H]1O. The molecule has 0 spiro atoms. The first-order chi connectivity index (χ1) is 8.66. The number of aliphatic hydroxyl groups is 1. The monoisotopic (exact) mass is 248 g/mol. The Morgan fingerprint density at radius 1 is 1.50 bits per heavy atom. The lowest BCUT2D eigenvalue weighted by Gasteiger charge is -2.28. The summed E-state index contributed by atoms with van der Waals surface area (Å²) in [5, 5.41) is 12.7. The summed E-state index contributed by atoms with van der Waals surface area (Å²) in [6.45, 7) is 1.95. The van der Waals surface area contributed by atoms with Gasteiger partial charge in [-0.2, -0.15) is 0 Å². The molecule has 1 saturated carbocycles. The Kier molecular flexibility index (Phi) is 4.31. The highest BCUT2D eigenvalue weighted by molar-refractivity contribution is 5.78. The van der Waals surface area contributed by atoms with Crippen molar-refractivity contribution in [2.75, 3.05) is 0 Å². The number of aromatic nitrogens is 1. The van der Waals surface area contributed by atoms with E-state index in [1.807, 2.05) is 19.1 Å². The summed E-state index contributed by atoms with van der Waals surface area (Å²) in [7, 11) is 0. The van der Waals surface area contributed by atoms with E-state index in [1.54, 1.807) is 6.20 Å². The van der Waals surface area contributed by atoms with Crippen LogP contribution in [0.15, 0.2) is 18.3 Å². The molecule has 0 aliphatic heterocycles. The summed E-state index contributed by atoms with van der Waals surface area (Å²) < 4.78 is 0. The third-order valence-electron chi connectivity index (χ3n) is 3.52. The zero-order chi connectivity index (χ0) is 13.0. The predicted octanol–water partition coefficient (Wildman–Crippen LogP) is 1.35. The fourth-order valence-electron chi connectivity index (χ4n) is 2.39. The number of nitrogens with one attached hydrogen (secondary N) is 1. The molecule has 0 radical (unpaired) electrons. The number of aryl methyl sites for hydroxylation is 1. The van der Waals surface area contributed by atoms with Gasteiger partial charge < -0.3 is 10.4 Å². The number of carbonyl (C=O) groups excluding carboxylic acids is 1. The Balaban J connectivity index is 1.90. The second-order valence-corrected chi connectivity index (χ2v) is 4.97. The molecule has 4 heteroatoms. The number of hydrogen-bond donors (Lipinski definition) is 2. The fourth-order valence-corrected chi connectivity index (χ4v) is 2.39. The quantitative estimate of drug-likeness (QED) is 0.849. The highest BCUT2D eigenvalue weighted by Gasteiger charge is 2.24. The third-order valence-corrected chi connectivity index (χ3v) is 3.52. The topological polar surface area (TPSA) is 62.2 Å². The van der Waals surface area contributed by atoms with Gasteiger partial charge in [0.25, 0.3) is 0 Å². The van der Waals surface area contributed by atoms with Crippen molar-refractivity contribution >= 4 is 5.91 Å². The van der Waals surface area contributed by atoms with Gasteiger partial charge in [-0.1, -0.05) is 18.9 Å². The van der Waals surface area contributed by atoms with Crippen molar-refractivity contribution in [1.29, 1.82) is 0 Å². The van der Waals surface area contributed by atoms with Crippen molar-refractivity contribution in [3.8, 4) is 0 Å². The van der Waals surface area contributed by atoms with Crippen molar-refractivity contribution in [2.24, 2.45) is 0 Å². The Morgan fingerprint density at radius 3 is 3.00 bits per heavy atom. The smallest absolute Gasteiger partial charge is 0.226 e. The minimum Gasteiger partial charge on any atom is -0.391 e. The largest absolute Gasteiger partial charge is 0.391 e. The van der Waals surface area contributed by atoms with Gasteiger partial charge in [0.2, 0.25) is 5.91 Å². The maximum Gasteiger partial charge on any atom is 0.226 e. The molecule has 0 unspecified atom stereocenters. The lowest BCUT2D eigenvalue weighted by Crippen LogP contribution is -2.45. The molecule has 1 aromatic rings. The van der Waals surface area contributed by atoms with Gasteiger partial charge >= 0.3 is 0 Å². The van der Waals surface area contributed by atoms with Gasteiger partial charge in [0.15, 0.2) is 0 Å². The molecule has 4 nitrogen and oxygen atoms in total. The first-order valence-corrected chi connectivity index (χ1v) is 6.55. The second-order valence-electron chi connectivity index (χ2n) is 4.97. The van der Waals surface area contributed by atoms with Crippen LogP contribution in [0.1, 0.15) is 36.9 Å². The molecule has 2 N–H and O–H groups in total. The summed E-state index contributed by atoms with van der Waals surface area (Å²) in [6.07, 6.45) is 5.37. The van der Waals surface area contributed by atoms with Crippen molar-refractivity contribution in [1.82, 2.24) is 10.3 Å². The number of nitrogens with zero attached hydrogens (tertiary/aromatic N) is 1. The summed E-state index contributed by atoms with van der Waals surface area (Å²) >= 11 is 0. The summed E-state index contributed by atoms with van der Waals surface area (Å²) in [6, 6.07) is 3.72. The molecule has 98 valence electrons. The number of rotatable bonds is 3. The van der Waals surface area contributed by atoms with Crippen LogP contribution in [0.2, 0.25) is 0 Å². The van der Waals surface area contributed by atoms with E-state index >= 15 is 0 Å². The maximum atomic E-state index is 11.9. The molecule has 0 bridgehead atoms. The van der Waals surface area contributed by atoms with Gasteiger partial charge in [-0.25, -0.2) is 0 Å². The molecule has 2 atom stereocenters. The van der Waals surface area contributed by atoms with Gasteiger partial charge in [0.1, 0.15) is 0 Å². The molecule has 1 amide bonds. The van der Waals surface area contributed by atoms with Crippen LogP contribution in [0.4, 0.5) is 0 Å². The average molecular weight is 248 g/mol. The van der Waals surface area contributed by atoms with E-state index < -0.39 is 6.10 Å². The summed E-state index contributed by atoms with van der Waals surface area (Å²) in [5.74, 6) is -0.0530. The van der Waals surface area contributed by atoms with Gasteiger partial charge in [-0.3, -0.25) is 9.78 Å². The molecule has 0 saturated heterocycles. The summed E-state index contributed by atoms with van der Waals surface area (Å²) in [4.78, 5) is 16.1. The highest BCUT2D eigenvalue weighted by atomic mass is 16.3. The Bertz CT molecular complexity index is 420. The zero-order valence-corrected chi connectivity index (χ0v) is 10.7. The highest BCUT2D eigenvalue weighted by Crippen LogP contribution is 2.18. The van der Waals surface area contributed by atoms with Crippen molar-refractivity contribution in [3.63, 3.8) is 0 Å². The Morgan fingerprint density at radius 2 is 2.28 bits per heavy atom. The first-order valence-electron chi connectivity index (χ1n) is 6.55. The lowest BCUT2D eigenvalue weighted by atomic mass is 9.92. The first kappa shape index (κ1) is 13.0. The molecule has 1 aliphatic carbocycles. The molecule has 1 aromatic heterocycles. The minimum atomic E-state index is -0.396. The molecule has 1 aliphatic rings. The standard InChI is InChI=1S/C14H20N2O2/c1-10-5-4-8-15-12(10)9-14(18)16-11-6-2-3-7-13(11)17/h4-5,8,11,13,17H,2-3,6-7,9H2,1H3,(H,16,18)/t11-,13-/m0/s1. The van der Waals surface area contributed by atoms with Gasteiger partial charge in [-0.15, -0.1) is 0 Å². The van der Waals surface area contributed by atoms with Crippen LogP contribution in [0.5, 0.6) is 0 Å². The van der Waals surface area contributed by atoms with E-state index in [4.69, 9.17) is 0 Å². The molecule has 18 heavy (non-hydrogen) atoms. The van der Waals surface area contributed by atoms with Crippen LogP contribution in [-0.2, 0) is 11.2 Å². The zero-order valence-electron chi connectivity index (χ0n) is 10.7. The van der Waals surface area contributed by atoms with E-state index in [0.717, 1.165) is 36.9 Å². The van der Waals surface area contributed by atoms with E-state index in [1.165, 1.54) is 0 Å². The van der Waals surface area contributed by atoms with Crippen molar-refractivity contribution in [2.45, 2.75) is 51.2 Å². The van der Waals surface area contributed by atoms with E-state index in [-0.39, 0.29) is 18.4 Å². The molecule has 0 aromatic carbocycles. The van der Waals surface area contributed by atoms with E-state index in [2.05, 4.69) is 10.3 Å². The minimum absolute atomic E-state index is 0.0530. The average Bonchev–Trinajstić information content (AvgIpc) is 2.35. The fraction of sp³-hybridized carbons (Fsp3) is 0.571. The molecule has 1 fully saturated rings. The van der Waals surface area contributed by atoms with Crippen LogP contribution in [0, 0.1) is 6.92 Å². The van der Waals surface area contributed by atoms with E-state index in [9.17, 15) is 9.90 Å². The van der Waals surface area contributed by atoms with Crippen LogP contribution in [0.3, 0.4) is 0 Å². The van der Waals surface area contributed by atoms with Crippen LogP contribution < -0.4 is 5.32 Å². The van der Waals surface area contributed by atoms with Crippen LogP contribution in [0.25, 0.3) is 0 Å². The summed E-state index contributed by atoms with van der Waals surface area (Å²) in [5.41, 5.74) is 1.83. The maximum absolute atomic E-state index is 11.9. The van der Waals surface area contributed by atoms with Gasteiger partial charge in [-0.05, 0) is 31.4 Å². The number of carbonyl (C=O) groups is 1. The van der Waals surface area contributed by atoms with Gasteiger partial charge in [0, 0.05) is 6.20 Å². The lowest BCUT2D eigenvalue weighted by molar-refractivity contribution is -0.122. The van der Waals surface area contributed by atoms with E-state index in [0.29, 0.717) is 0 Å². The normalized spacial score (nSPS) is 23.7. The number of aliphatic hydroxyl groups excluding tert-OH is 1. The van der Waals surface area contributed by atoms with Crippen molar-refractivity contribution in [3.05, 3.63) is 29.6 Å². The molecular weight excluding hydrogens is 228 g/mol. The third kappa shape index (κ3) is 3.29. The molecule has 2 rings (SSSR count). The Labute approximate surface area is 107 Å². The van der Waals surface area contributed by atoms with Crippen LogP contribution >= 0.6 is 0 Å². The second kappa shape index (κ2) is 5.96. The van der Waals surface area contributed by atoms with Crippen molar-refractivity contribution < 1.29 is 9.90 Å². The number of amides is 1. The van der Waals surface area contributed by atoms with Crippen LogP contribution in [-0.4, -0.2) is 28.1 Å². The molecule has 1 heterocycles.